The molecule has 27 heavy (non-hydrogen) atoms. The van der Waals surface area contributed by atoms with E-state index in [1.165, 1.54) is 18.3 Å². The summed E-state index contributed by atoms with van der Waals surface area (Å²) in [4.78, 5) is 22.0. The van der Waals surface area contributed by atoms with Crippen molar-refractivity contribution in [2.24, 2.45) is 5.10 Å². The van der Waals surface area contributed by atoms with Gasteiger partial charge >= 0.3 is 0 Å². The lowest BCUT2D eigenvalue weighted by molar-refractivity contribution is -0.384. The second kappa shape index (κ2) is 10.1. The summed E-state index contributed by atoms with van der Waals surface area (Å²) in [5, 5.41) is 15.5. The van der Waals surface area contributed by atoms with E-state index in [0.29, 0.717) is 34.4 Å². The number of nitro groups is 1. The number of hydrogen-bond donors (Lipinski definition) is 1. The van der Waals surface area contributed by atoms with Crippen LogP contribution in [0.5, 0.6) is 5.75 Å². The van der Waals surface area contributed by atoms with Crippen LogP contribution in [0.1, 0.15) is 18.4 Å². The minimum Gasteiger partial charge on any atom is -0.492 e. The van der Waals surface area contributed by atoms with E-state index in [-0.39, 0.29) is 23.0 Å². The lowest BCUT2D eigenvalue weighted by atomic mass is 10.2. The van der Waals surface area contributed by atoms with Crippen LogP contribution in [-0.2, 0) is 4.79 Å². The molecule has 0 fully saturated rings. The second-order valence-electron chi connectivity index (χ2n) is 5.29. The number of nitro benzene ring substituents is 1. The van der Waals surface area contributed by atoms with Gasteiger partial charge in [-0.1, -0.05) is 40.9 Å². The Morgan fingerprint density at radius 3 is 2.67 bits per heavy atom. The minimum atomic E-state index is -0.592. The van der Waals surface area contributed by atoms with Gasteiger partial charge in [-0.2, -0.15) is 5.10 Å². The highest BCUT2D eigenvalue weighted by Crippen LogP contribution is 2.27. The summed E-state index contributed by atoms with van der Waals surface area (Å²) in [5.74, 6) is 0.171. The van der Waals surface area contributed by atoms with Crippen molar-refractivity contribution in [1.29, 1.82) is 0 Å². The molecule has 0 bridgehead atoms. The third kappa shape index (κ3) is 6.71. The van der Waals surface area contributed by atoms with Crippen molar-refractivity contribution in [1.82, 2.24) is 5.43 Å². The first kappa shape index (κ1) is 21.0. The quantitative estimate of drug-likeness (QED) is 0.280. The summed E-state index contributed by atoms with van der Waals surface area (Å²) in [6.45, 7) is 0.294. The molecular weight excluding hydrogens is 417 g/mol. The number of nitrogens with one attached hydrogen (secondary N) is 1. The summed E-state index contributed by atoms with van der Waals surface area (Å²) < 4.78 is 5.48. The number of ether oxygens (including phenoxy) is 1. The van der Waals surface area contributed by atoms with Gasteiger partial charge in [0, 0.05) is 23.1 Å². The average Bonchev–Trinajstić information content (AvgIpc) is 2.61. The summed E-state index contributed by atoms with van der Waals surface area (Å²) in [6, 6.07) is 9.09. The van der Waals surface area contributed by atoms with Gasteiger partial charge < -0.3 is 4.74 Å². The number of carbonyl (C=O) groups excluding carboxylic acids is 1. The molecule has 2 aromatic rings. The van der Waals surface area contributed by atoms with E-state index >= 15 is 0 Å². The molecule has 0 saturated heterocycles. The molecule has 0 aliphatic heterocycles. The molecule has 0 spiro atoms. The van der Waals surface area contributed by atoms with Crippen molar-refractivity contribution >= 4 is 52.6 Å². The summed E-state index contributed by atoms with van der Waals surface area (Å²) in [6.07, 6.45) is 1.93. The molecule has 0 heterocycles. The average molecular weight is 431 g/mol. The lowest BCUT2D eigenvalue weighted by Crippen LogP contribution is -2.18. The highest BCUT2D eigenvalue weighted by Gasteiger charge is 2.11. The van der Waals surface area contributed by atoms with Gasteiger partial charge in [-0.15, -0.1) is 0 Å². The fourth-order valence-corrected chi connectivity index (χ4v) is 2.64. The molecule has 0 atom stereocenters. The van der Waals surface area contributed by atoms with Crippen molar-refractivity contribution in [2.45, 2.75) is 12.8 Å². The topological polar surface area (TPSA) is 93.8 Å². The zero-order chi connectivity index (χ0) is 19.8. The molecule has 0 aliphatic carbocycles. The number of halogens is 3. The second-order valence-corrected chi connectivity index (χ2v) is 6.54. The Kier molecular flexibility index (Phi) is 7.84. The van der Waals surface area contributed by atoms with Crippen LogP contribution < -0.4 is 10.2 Å². The van der Waals surface area contributed by atoms with Gasteiger partial charge in [0.1, 0.15) is 10.8 Å². The van der Waals surface area contributed by atoms with Crippen LogP contribution in [0, 0.1) is 10.1 Å². The summed E-state index contributed by atoms with van der Waals surface area (Å²) >= 11 is 17.5. The monoisotopic (exact) mass is 429 g/mol. The standard InChI is InChI=1S/C17H14Cl3N3O4/c18-12-4-6-16(14(20)9-12)27-7-1-2-17(24)22-21-10-11-3-5-13(19)15(8-11)23(25)26/h3-6,8-10H,1-2,7H2,(H,22,24). The first-order valence-corrected chi connectivity index (χ1v) is 8.84. The smallest absolute Gasteiger partial charge is 0.288 e. The van der Waals surface area contributed by atoms with E-state index in [1.54, 1.807) is 24.3 Å². The summed E-state index contributed by atoms with van der Waals surface area (Å²) in [7, 11) is 0. The van der Waals surface area contributed by atoms with Crippen LogP contribution in [0.25, 0.3) is 0 Å². The van der Waals surface area contributed by atoms with Crippen LogP contribution in [0.15, 0.2) is 41.5 Å². The largest absolute Gasteiger partial charge is 0.492 e. The number of hydrogen-bond acceptors (Lipinski definition) is 5. The van der Waals surface area contributed by atoms with E-state index < -0.39 is 4.92 Å². The Morgan fingerprint density at radius 2 is 1.96 bits per heavy atom. The fraction of sp³-hybridized carbons (Fsp3) is 0.176. The van der Waals surface area contributed by atoms with E-state index in [4.69, 9.17) is 39.5 Å². The van der Waals surface area contributed by atoms with Crippen LogP contribution in [0.2, 0.25) is 15.1 Å². The molecule has 0 unspecified atom stereocenters. The Hall–Kier alpha value is -2.35. The molecule has 0 aliphatic rings. The van der Waals surface area contributed by atoms with Gasteiger partial charge in [0.2, 0.25) is 5.91 Å². The predicted molar refractivity (Wildman–Crippen MR) is 105 cm³/mol. The Balaban J connectivity index is 1.75. The molecule has 0 saturated carbocycles. The molecule has 142 valence electrons. The minimum absolute atomic E-state index is 0.0296. The maximum atomic E-state index is 11.7. The van der Waals surface area contributed by atoms with Crippen molar-refractivity contribution in [3.8, 4) is 5.75 Å². The van der Waals surface area contributed by atoms with Crippen molar-refractivity contribution < 1.29 is 14.5 Å². The first-order chi connectivity index (χ1) is 12.9. The van der Waals surface area contributed by atoms with Crippen molar-refractivity contribution in [3.63, 3.8) is 0 Å². The molecule has 7 nitrogen and oxygen atoms in total. The lowest BCUT2D eigenvalue weighted by Gasteiger charge is -2.07. The molecular formula is C17H14Cl3N3O4. The fourth-order valence-electron chi connectivity index (χ4n) is 1.99. The molecule has 2 rings (SSSR count). The number of rotatable bonds is 8. The molecule has 0 radical (unpaired) electrons. The molecule has 1 N–H and O–H groups in total. The molecule has 10 heteroatoms. The molecule has 2 aromatic carbocycles. The molecule has 0 aromatic heterocycles. The van der Waals surface area contributed by atoms with Crippen LogP contribution in [-0.4, -0.2) is 23.7 Å². The van der Waals surface area contributed by atoms with Crippen molar-refractivity contribution in [2.75, 3.05) is 6.61 Å². The van der Waals surface area contributed by atoms with Gasteiger partial charge in [-0.3, -0.25) is 14.9 Å². The van der Waals surface area contributed by atoms with E-state index in [2.05, 4.69) is 10.5 Å². The molecule has 1 amide bonds. The van der Waals surface area contributed by atoms with E-state index in [9.17, 15) is 14.9 Å². The van der Waals surface area contributed by atoms with Crippen molar-refractivity contribution in [3.05, 3.63) is 67.1 Å². The first-order valence-electron chi connectivity index (χ1n) is 7.70. The highest BCUT2D eigenvalue weighted by atomic mass is 35.5. The van der Waals surface area contributed by atoms with Crippen LogP contribution in [0.4, 0.5) is 5.69 Å². The SMILES string of the molecule is O=C(CCCOc1ccc(Cl)cc1Cl)NN=Cc1ccc(Cl)c([N+](=O)[O-])c1. The van der Waals surface area contributed by atoms with Gasteiger partial charge in [0.05, 0.1) is 22.8 Å². The maximum Gasteiger partial charge on any atom is 0.288 e. The van der Waals surface area contributed by atoms with Crippen LogP contribution >= 0.6 is 34.8 Å². The number of nitrogens with zero attached hydrogens (tertiary/aromatic N) is 2. The zero-order valence-electron chi connectivity index (χ0n) is 13.8. The van der Waals surface area contributed by atoms with Gasteiger partial charge in [-0.05, 0) is 30.7 Å². The third-order valence-electron chi connectivity index (χ3n) is 3.27. The summed E-state index contributed by atoms with van der Waals surface area (Å²) in [5.41, 5.74) is 2.55. The van der Waals surface area contributed by atoms with E-state index in [0.717, 1.165) is 0 Å². The Morgan fingerprint density at radius 1 is 1.19 bits per heavy atom. The zero-order valence-corrected chi connectivity index (χ0v) is 16.1. The number of hydrazone groups is 1. The van der Waals surface area contributed by atoms with E-state index in [1.807, 2.05) is 0 Å². The highest BCUT2D eigenvalue weighted by molar-refractivity contribution is 6.35. The van der Waals surface area contributed by atoms with Gasteiger partial charge in [0.25, 0.3) is 5.69 Å². The van der Waals surface area contributed by atoms with Gasteiger partial charge in [-0.25, -0.2) is 5.43 Å². The van der Waals surface area contributed by atoms with Gasteiger partial charge in [0.15, 0.2) is 0 Å². The number of amides is 1. The maximum absolute atomic E-state index is 11.7. The Bertz CT molecular complexity index is 874. The van der Waals surface area contributed by atoms with Crippen LogP contribution in [0.3, 0.4) is 0 Å². The number of carbonyl (C=O) groups is 1. The predicted octanol–water partition coefficient (Wildman–Crippen LogP) is 4.86. The third-order valence-corrected chi connectivity index (χ3v) is 4.12. The normalized spacial score (nSPS) is 10.8. The number of benzene rings is 2. The Labute approximate surface area is 170 Å².